The second kappa shape index (κ2) is 7.35. The molecule has 0 radical (unpaired) electrons. The van der Waals surface area contributed by atoms with Gasteiger partial charge in [0.15, 0.2) is 6.10 Å². The van der Waals surface area contributed by atoms with Crippen LogP contribution in [0.15, 0.2) is 84.5 Å². The molecule has 0 bridgehead atoms. The summed E-state index contributed by atoms with van der Waals surface area (Å²) in [6.07, 6.45) is 1.08. The topological polar surface area (TPSA) is 75.4 Å². The Labute approximate surface area is 188 Å². The zero-order valence-electron chi connectivity index (χ0n) is 16.8. The Bertz CT molecular complexity index is 1390. The van der Waals surface area contributed by atoms with Crippen molar-refractivity contribution in [3.8, 4) is 5.75 Å². The van der Waals surface area contributed by atoms with Gasteiger partial charge in [0.2, 0.25) is 11.7 Å². The fourth-order valence-electron chi connectivity index (χ4n) is 4.05. The number of fused-ring (bicyclic) bond motifs is 2. The molecule has 158 valence electrons. The molecule has 0 fully saturated rings. The highest BCUT2D eigenvalue weighted by atomic mass is 35.5. The monoisotopic (exact) mass is 443 g/mol. The van der Waals surface area contributed by atoms with Crippen LogP contribution in [-0.2, 0) is 16.1 Å². The number of aromatic nitrogens is 1. The molecule has 0 spiro atoms. The minimum Gasteiger partial charge on any atom is -0.489 e. The molecule has 4 aromatic rings. The summed E-state index contributed by atoms with van der Waals surface area (Å²) in [6, 6.07) is 21.1. The van der Waals surface area contributed by atoms with Gasteiger partial charge in [-0.3, -0.25) is 4.79 Å². The molecule has 3 N–H and O–H groups in total. The van der Waals surface area contributed by atoms with Gasteiger partial charge < -0.3 is 25.1 Å². The molecule has 6 rings (SSSR count). The van der Waals surface area contributed by atoms with Crippen molar-refractivity contribution in [1.82, 2.24) is 4.98 Å². The highest BCUT2D eigenvalue weighted by Gasteiger charge is 2.40. The smallest absolute Gasteiger partial charge is 0.229 e. The van der Waals surface area contributed by atoms with Crippen LogP contribution in [0, 0.1) is 0 Å². The fraction of sp³-hybridized carbons (Fsp3) is 0.0800. The van der Waals surface area contributed by atoms with E-state index < -0.39 is 6.10 Å². The summed E-state index contributed by atoms with van der Waals surface area (Å²) in [4.78, 5) is 16.4. The summed E-state index contributed by atoms with van der Waals surface area (Å²) in [5, 5.41) is 7.89. The summed E-state index contributed by atoms with van der Waals surface area (Å²) in [6.45, 7) is 0.429. The van der Waals surface area contributed by atoms with E-state index in [0.29, 0.717) is 23.2 Å². The summed E-state index contributed by atoms with van der Waals surface area (Å²) in [5.74, 6) is 1.09. The molecule has 0 saturated carbocycles. The van der Waals surface area contributed by atoms with Crippen molar-refractivity contribution in [3.63, 3.8) is 0 Å². The van der Waals surface area contributed by atoms with Crippen molar-refractivity contribution >= 4 is 39.7 Å². The molecule has 7 heteroatoms. The average Bonchev–Trinajstić information content (AvgIpc) is 3.37. The maximum atomic E-state index is 13.2. The number of nitrogens with one attached hydrogen (secondary N) is 3. The van der Waals surface area contributed by atoms with Crippen LogP contribution in [0.4, 0.5) is 11.4 Å². The van der Waals surface area contributed by atoms with E-state index in [4.69, 9.17) is 21.1 Å². The largest absolute Gasteiger partial charge is 0.489 e. The van der Waals surface area contributed by atoms with Crippen LogP contribution in [0.5, 0.6) is 5.75 Å². The lowest BCUT2D eigenvalue weighted by atomic mass is 10.0. The molecule has 3 aromatic carbocycles. The minimum atomic E-state index is -0.746. The molecule has 1 aromatic heterocycles. The lowest BCUT2D eigenvalue weighted by Crippen LogP contribution is -2.18. The third-order valence-electron chi connectivity index (χ3n) is 5.65. The van der Waals surface area contributed by atoms with Gasteiger partial charge in [0.25, 0.3) is 0 Å². The number of hydrogen-bond acceptors (Lipinski definition) is 5. The first-order chi connectivity index (χ1) is 15.7. The molecule has 0 amide bonds. The number of ketones is 1. The zero-order chi connectivity index (χ0) is 21.7. The highest BCUT2D eigenvalue weighted by Crippen LogP contribution is 2.42. The number of carbonyl (C=O) groups excluding carboxylic acids is 1. The Kier molecular flexibility index (Phi) is 4.33. The van der Waals surface area contributed by atoms with Crippen molar-refractivity contribution in [2.45, 2.75) is 12.7 Å². The van der Waals surface area contributed by atoms with Crippen LogP contribution in [0.3, 0.4) is 0 Å². The summed E-state index contributed by atoms with van der Waals surface area (Å²) in [5.41, 5.74) is 4.69. The maximum Gasteiger partial charge on any atom is 0.229 e. The third kappa shape index (κ3) is 3.16. The molecule has 32 heavy (non-hydrogen) atoms. The van der Waals surface area contributed by atoms with E-state index in [1.807, 2.05) is 60.8 Å². The second-order valence-corrected chi connectivity index (χ2v) is 8.17. The van der Waals surface area contributed by atoms with Crippen LogP contribution in [0.1, 0.15) is 17.2 Å². The molecule has 0 saturated heterocycles. The van der Waals surface area contributed by atoms with E-state index in [1.54, 1.807) is 12.1 Å². The predicted octanol–water partition coefficient (Wildman–Crippen LogP) is 5.75. The van der Waals surface area contributed by atoms with E-state index in [9.17, 15) is 4.79 Å². The normalized spacial score (nSPS) is 16.8. The van der Waals surface area contributed by atoms with E-state index in [2.05, 4.69) is 15.6 Å². The van der Waals surface area contributed by atoms with E-state index in [1.165, 1.54) is 0 Å². The zero-order valence-corrected chi connectivity index (χ0v) is 17.6. The van der Waals surface area contributed by atoms with Crippen LogP contribution in [0.25, 0.3) is 10.9 Å². The number of para-hydroxylation sites is 1. The van der Waals surface area contributed by atoms with Crippen LogP contribution < -0.4 is 15.4 Å². The molecule has 3 heterocycles. The predicted molar refractivity (Wildman–Crippen MR) is 124 cm³/mol. The van der Waals surface area contributed by atoms with Crippen molar-refractivity contribution in [2.75, 3.05) is 10.6 Å². The number of benzene rings is 3. The van der Waals surface area contributed by atoms with Gasteiger partial charge in [-0.15, -0.1) is 0 Å². The number of halogens is 1. The van der Waals surface area contributed by atoms with Crippen LogP contribution >= 0.6 is 11.6 Å². The Morgan fingerprint density at radius 3 is 2.72 bits per heavy atom. The van der Waals surface area contributed by atoms with Gasteiger partial charge in [0, 0.05) is 27.7 Å². The molecule has 0 aliphatic carbocycles. The van der Waals surface area contributed by atoms with Gasteiger partial charge in [-0.1, -0.05) is 35.9 Å². The number of Topliss-reactive ketones (excluding diaryl/α,β-unsaturated/α-hetero) is 1. The molecule has 1 atom stereocenters. The van der Waals surface area contributed by atoms with Crippen molar-refractivity contribution in [2.24, 2.45) is 0 Å². The summed E-state index contributed by atoms with van der Waals surface area (Å²) < 4.78 is 11.9. The third-order valence-corrected chi connectivity index (χ3v) is 5.88. The fourth-order valence-corrected chi connectivity index (χ4v) is 4.23. The quantitative estimate of drug-likeness (QED) is 0.374. The maximum absolute atomic E-state index is 13.2. The standard InChI is InChI=1S/C25H18ClN3O3/c26-15-7-9-20-21(11-15)29-25-22(28-20)23(30)24(32-25)18-12-27-19-8-6-14(10-17(18)19)13-31-16-4-2-1-3-5-16/h1-12,24,27-29H,13H2. The van der Waals surface area contributed by atoms with E-state index in [-0.39, 0.29) is 5.78 Å². The van der Waals surface area contributed by atoms with Gasteiger partial charge in [-0.2, -0.15) is 0 Å². The Hall–Kier alpha value is -3.90. The number of carbonyl (C=O) groups is 1. The second-order valence-electron chi connectivity index (χ2n) is 7.73. The van der Waals surface area contributed by atoms with Crippen molar-refractivity contribution in [3.05, 3.63) is 101 Å². The number of aromatic amines is 1. The lowest BCUT2D eigenvalue weighted by Gasteiger charge is -2.19. The van der Waals surface area contributed by atoms with Crippen molar-refractivity contribution in [1.29, 1.82) is 0 Å². The molecular formula is C25H18ClN3O3. The van der Waals surface area contributed by atoms with Gasteiger partial charge in [-0.25, -0.2) is 0 Å². The van der Waals surface area contributed by atoms with Crippen molar-refractivity contribution < 1.29 is 14.3 Å². The lowest BCUT2D eigenvalue weighted by molar-refractivity contribution is -0.121. The van der Waals surface area contributed by atoms with Gasteiger partial charge in [-0.05, 0) is 48.0 Å². The summed E-state index contributed by atoms with van der Waals surface area (Å²) in [7, 11) is 0. The molecular weight excluding hydrogens is 426 g/mol. The SMILES string of the molecule is O=C1C2=C(Nc3cc(Cl)ccc3N2)OC1c1c[nH]c2ccc(COc3ccccc3)cc12. The summed E-state index contributed by atoms with van der Waals surface area (Å²) >= 11 is 6.10. The van der Waals surface area contributed by atoms with Gasteiger partial charge >= 0.3 is 0 Å². The Morgan fingerprint density at radius 1 is 0.969 bits per heavy atom. The molecule has 2 aliphatic rings. The first kappa shape index (κ1) is 18.8. The molecule has 1 unspecified atom stereocenters. The molecule has 6 nitrogen and oxygen atoms in total. The average molecular weight is 444 g/mol. The van der Waals surface area contributed by atoms with Crippen LogP contribution in [-0.4, -0.2) is 10.8 Å². The number of anilines is 2. The van der Waals surface area contributed by atoms with Gasteiger partial charge in [0.1, 0.15) is 18.1 Å². The van der Waals surface area contributed by atoms with E-state index >= 15 is 0 Å². The number of hydrogen-bond donors (Lipinski definition) is 3. The number of H-pyrrole nitrogens is 1. The van der Waals surface area contributed by atoms with Crippen LogP contribution in [0.2, 0.25) is 5.02 Å². The first-order valence-corrected chi connectivity index (χ1v) is 10.6. The number of ether oxygens (including phenoxy) is 2. The van der Waals surface area contributed by atoms with Gasteiger partial charge in [0.05, 0.1) is 11.4 Å². The first-order valence-electron chi connectivity index (χ1n) is 10.2. The van der Waals surface area contributed by atoms with E-state index in [0.717, 1.165) is 39.2 Å². The highest BCUT2D eigenvalue weighted by molar-refractivity contribution is 6.31. The number of rotatable bonds is 4. The minimum absolute atomic E-state index is 0.125. The molecule has 2 aliphatic heterocycles. The Morgan fingerprint density at radius 2 is 1.84 bits per heavy atom. The Balaban J connectivity index is 1.27.